The predicted molar refractivity (Wildman–Crippen MR) is 129 cm³/mol. The van der Waals surface area contributed by atoms with Crippen LogP contribution in [-0.2, 0) is 4.79 Å². The molecule has 0 aliphatic carbocycles. The van der Waals surface area contributed by atoms with Crippen LogP contribution in [0.1, 0.15) is 21.5 Å². The molecule has 6 nitrogen and oxygen atoms in total. The van der Waals surface area contributed by atoms with E-state index in [2.05, 4.69) is 10.6 Å². The van der Waals surface area contributed by atoms with Gasteiger partial charge < -0.3 is 10.6 Å². The number of rotatable bonds is 6. The molecule has 0 saturated carbocycles. The van der Waals surface area contributed by atoms with Crippen molar-refractivity contribution in [2.24, 2.45) is 0 Å². The summed E-state index contributed by atoms with van der Waals surface area (Å²) in [5.41, 5.74) is 4.54. The van der Waals surface area contributed by atoms with E-state index in [1.54, 1.807) is 36.6 Å². The minimum absolute atomic E-state index is 0.204. The zero-order valence-electron chi connectivity index (χ0n) is 17.7. The van der Waals surface area contributed by atoms with Gasteiger partial charge in [0, 0.05) is 36.1 Å². The summed E-state index contributed by atoms with van der Waals surface area (Å²) in [6.45, 7) is 1.88. The average molecular weight is 443 g/mol. The fourth-order valence-electron chi connectivity index (χ4n) is 3.21. The molecule has 2 amide bonds. The number of nitrogens with one attached hydrogen (secondary N) is 2. The number of aromatic nitrogens is 2. The van der Waals surface area contributed by atoms with Gasteiger partial charge in [-0.1, -0.05) is 30.3 Å². The summed E-state index contributed by atoms with van der Waals surface area (Å²) in [6.07, 6.45) is 5.15. The lowest BCUT2D eigenvalue weighted by molar-refractivity contribution is -0.111. The monoisotopic (exact) mass is 442 g/mol. The zero-order valence-corrected chi connectivity index (χ0v) is 18.5. The van der Waals surface area contributed by atoms with E-state index in [9.17, 15) is 9.59 Å². The van der Waals surface area contributed by atoms with Gasteiger partial charge in [0.15, 0.2) is 0 Å². The van der Waals surface area contributed by atoms with Crippen LogP contribution in [0.3, 0.4) is 0 Å². The minimum Gasteiger partial charge on any atom is -0.355 e. The molecule has 0 aliphatic rings. The van der Waals surface area contributed by atoms with Crippen molar-refractivity contribution in [1.29, 1.82) is 0 Å². The van der Waals surface area contributed by atoms with Gasteiger partial charge in [0.05, 0.1) is 10.6 Å². The molecule has 0 unspecified atom stereocenters. The van der Waals surface area contributed by atoms with Crippen molar-refractivity contribution in [2.75, 3.05) is 12.4 Å². The van der Waals surface area contributed by atoms with Crippen LogP contribution in [0.25, 0.3) is 22.3 Å². The molecule has 0 aliphatic heterocycles. The number of aryl methyl sites for hydroxylation is 1. The molecule has 7 heteroatoms. The Balaban J connectivity index is 1.60. The molecule has 4 aromatic rings. The number of anilines is 1. The van der Waals surface area contributed by atoms with E-state index in [4.69, 9.17) is 5.10 Å². The Morgan fingerprint density at radius 1 is 1.06 bits per heavy atom. The first-order valence-electron chi connectivity index (χ1n) is 10.1. The number of benzene rings is 2. The molecule has 0 bridgehead atoms. The summed E-state index contributed by atoms with van der Waals surface area (Å²) >= 11 is 1.60. The van der Waals surface area contributed by atoms with Crippen molar-refractivity contribution >= 4 is 34.9 Å². The first-order valence-corrected chi connectivity index (χ1v) is 10.9. The third-order valence-electron chi connectivity index (χ3n) is 4.92. The molecule has 2 aromatic carbocycles. The summed E-state index contributed by atoms with van der Waals surface area (Å²) in [6, 6.07) is 19.0. The summed E-state index contributed by atoms with van der Waals surface area (Å²) in [5, 5.41) is 12.2. The second-order valence-corrected chi connectivity index (χ2v) is 8.07. The smallest absolute Gasteiger partial charge is 0.251 e. The van der Waals surface area contributed by atoms with Crippen LogP contribution >= 0.6 is 11.3 Å². The van der Waals surface area contributed by atoms with Crippen LogP contribution in [0.4, 0.5) is 5.69 Å². The molecule has 0 fully saturated rings. The molecule has 0 atom stereocenters. The van der Waals surface area contributed by atoms with Crippen LogP contribution in [0, 0.1) is 6.92 Å². The summed E-state index contributed by atoms with van der Waals surface area (Å²) in [4.78, 5) is 25.6. The van der Waals surface area contributed by atoms with Gasteiger partial charge in [0.1, 0.15) is 5.69 Å². The molecular formula is C25H22N4O2S. The Bertz CT molecular complexity index is 1270. The standard InChI is InChI=1S/C25H22N4O2S/c1-17-10-11-18(25(31)26-2)15-21(17)27-23(30)13-12-19-16-29(20-7-4-3-5-8-20)28-24(19)22-9-6-14-32-22/h3-16H,1-2H3,(H,26,31)(H,27,30)/b13-12+. The number of nitrogens with zero attached hydrogens (tertiary/aromatic N) is 2. The Hall–Kier alpha value is -3.97. The normalized spacial score (nSPS) is 10.9. The van der Waals surface area contributed by atoms with E-state index < -0.39 is 0 Å². The average Bonchev–Trinajstić information content (AvgIpc) is 3.49. The quantitative estimate of drug-likeness (QED) is 0.416. The minimum atomic E-state index is -0.285. The van der Waals surface area contributed by atoms with E-state index in [0.717, 1.165) is 27.4 Å². The van der Waals surface area contributed by atoms with Crippen LogP contribution in [-0.4, -0.2) is 28.6 Å². The first-order chi connectivity index (χ1) is 15.5. The number of thiophene rings is 1. The Kier molecular flexibility index (Phi) is 6.28. The van der Waals surface area contributed by atoms with E-state index >= 15 is 0 Å². The summed E-state index contributed by atoms with van der Waals surface area (Å²) in [7, 11) is 1.57. The predicted octanol–water partition coefficient (Wildman–Crippen LogP) is 4.92. The maximum Gasteiger partial charge on any atom is 0.251 e. The summed E-state index contributed by atoms with van der Waals surface area (Å²) in [5.74, 6) is -0.489. The lowest BCUT2D eigenvalue weighted by Crippen LogP contribution is -2.18. The van der Waals surface area contributed by atoms with E-state index in [1.807, 2.05) is 71.7 Å². The molecule has 2 heterocycles. The highest BCUT2D eigenvalue weighted by Gasteiger charge is 2.12. The molecule has 2 N–H and O–H groups in total. The number of para-hydroxylation sites is 1. The summed E-state index contributed by atoms with van der Waals surface area (Å²) < 4.78 is 1.81. The lowest BCUT2D eigenvalue weighted by Gasteiger charge is -2.08. The van der Waals surface area contributed by atoms with E-state index in [1.165, 1.54) is 6.08 Å². The molecular weight excluding hydrogens is 420 g/mol. The van der Waals surface area contributed by atoms with Crippen LogP contribution in [0.5, 0.6) is 0 Å². The van der Waals surface area contributed by atoms with E-state index in [0.29, 0.717) is 11.3 Å². The van der Waals surface area contributed by atoms with Crippen molar-refractivity contribution in [3.63, 3.8) is 0 Å². The topological polar surface area (TPSA) is 76.0 Å². The molecule has 0 spiro atoms. The number of carbonyl (C=O) groups excluding carboxylic acids is 2. The SMILES string of the molecule is CNC(=O)c1ccc(C)c(NC(=O)/C=C/c2cn(-c3ccccc3)nc2-c2cccs2)c1. The Morgan fingerprint density at radius 3 is 2.59 bits per heavy atom. The first kappa shape index (κ1) is 21.3. The molecule has 4 rings (SSSR count). The van der Waals surface area contributed by atoms with Gasteiger partial charge >= 0.3 is 0 Å². The van der Waals surface area contributed by atoms with Crippen LogP contribution in [0.15, 0.2) is 78.3 Å². The Labute approximate surface area is 190 Å². The maximum atomic E-state index is 12.6. The van der Waals surface area contributed by atoms with Gasteiger partial charge in [-0.25, -0.2) is 4.68 Å². The maximum absolute atomic E-state index is 12.6. The van der Waals surface area contributed by atoms with Gasteiger partial charge in [-0.15, -0.1) is 11.3 Å². The van der Waals surface area contributed by atoms with Crippen molar-refractivity contribution in [3.05, 3.63) is 95.0 Å². The largest absolute Gasteiger partial charge is 0.355 e. The third-order valence-corrected chi connectivity index (χ3v) is 5.79. The van der Waals surface area contributed by atoms with Crippen LogP contribution < -0.4 is 10.6 Å². The van der Waals surface area contributed by atoms with Gasteiger partial charge in [-0.3, -0.25) is 9.59 Å². The van der Waals surface area contributed by atoms with Gasteiger partial charge in [-0.2, -0.15) is 5.10 Å². The molecule has 0 radical (unpaired) electrons. The highest BCUT2D eigenvalue weighted by atomic mass is 32.1. The van der Waals surface area contributed by atoms with Gasteiger partial charge in [0.2, 0.25) is 5.91 Å². The van der Waals surface area contributed by atoms with Gasteiger partial charge in [0.25, 0.3) is 5.91 Å². The third kappa shape index (κ3) is 4.68. The zero-order chi connectivity index (χ0) is 22.5. The molecule has 160 valence electrons. The fraction of sp³-hybridized carbons (Fsp3) is 0.0800. The number of carbonyl (C=O) groups is 2. The second-order valence-electron chi connectivity index (χ2n) is 7.12. The number of amides is 2. The van der Waals surface area contributed by atoms with Crippen molar-refractivity contribution < 1.29 is 9.59 Å². The molecule has 0 saturated heterocycles. The van der Waals surface area contributed by atoms with Crippen molar-refractivity contribution in [2.45, 2.75) is 6.92 Å². The van der Waals surface area contributed by atoms with Gasteiger partial charge in [-0.05, 0) is 54.3 Å². The lowest BCUT2D eigenvalue weighted by atomic mass is 10.1. The second kappa shape index (κ2) is 9.45. The number of hydrogen-bond donors (Lipinski definition) is 2. The molecule has 32 heavy (non-hydrogen) atoms. The highest BCUT2D eigenvalue weighted by Crippen LogP contribution is 2.28. The van der Waals surface area contributed by atoms with E-state index in [-0.39, 0.29) is 11.8 Å². The van der Waals surface area contributed by atoms with Crippen molar-refractivity contribution in [1.82, 2.24) is 15.1 Å². The highest BCUT2D eigenvalue weighted by molar-refractivity contribution is 7.13. The van der Waals surface area contributed by atoms with Crippen LogP contribution in [0.2, 0.25) is 0 Å². The molecule has 2 aromatic heterocycles. The van der Waals surface area contributed by atoms with Crippen molar-refractivity contribution in [3.8, 4) is 16.3 Å². The Morgan fingerprint density at radius 2 is 1.88 bits per heavy atom. The fourth-order valence-corrected chi connectivity index (χ4v) is 3.94. The number of hydrogen-bond acceptors (Lipinski definition) is 4.